The molecule has 0 saturated heterocycles. The number of rotatable bonds is 4. The normalized spacial score (nSPS) is 12.2. The molecular formula is C10H15N3OS2. The Labute approximate surface area is 104 Å². The van der Waals surface area contributed by atoms with Crippen LogP contribution in [0.5, 0.6) is 0 Å². The van der Waals surface area contributed by atoms with E-state index in [4.69, 9.17) is 18.0 Å². The summed E-state index contributed by atoms with van der Waals surface area (Å²) in [6, 6.07) is -0.246. The topological polar surface area (TPSA) is 68.0 Å². The van der Waals surface area contributed by atoms with Crippen LogP contribution in [-0.2, 0) is 0 Å². The Hall–Kier alpha value is -1.01. The predicted molar refractivity (Wildman–Crippen MR) is 69.9 cm³/mol. The third-order valence-corrected chi connectivity index (χ3v) is 3.52. The summed E-state index contributed by atoms with van der Waals surface area (Å²) in [5.74, 6) is -0.150. The molecule has 0 saturated carbocycles. The van der Waals surface area contributed by atoms with Crippen molar-refractivity contribution in [2.75, 3.05) is 0 Å². The lowest BCUT2D eigenvalue weighted by molar-refractivity contribution is 0.0949. The maximum Gasteiger partial charge on any atom is 0.263 e. The molecule has 1 aromatic rings. The summed E-state index contributed by atoms with van der Waals surface area (Å²) >= 11 is 6.25. The zero-order chi connectivity index (χ0) is 12.3. The second-order valence-corrected chi connectivity index (χ2v) is 5.16. The molecule has 0 aromatic carbocycles. The molecule has 4 nitrogen and oxygen atoms in total. The van der Waals surface area contributed by atoms with Crippen LogP contribution in [0.3, 0.4) is 0 Å². The zero-order valence-corrected chi connectivity index (χ0v) is 11.2. The van der Waals surface area contributed by atoms with E-state index in [-0.39, 0.29) is 11.9 Å². The fourth-order valence-corrected chi connectivity index (χ4v) is 2.39. The molecule has 1 heterocycles. The van der Waals surface area contributed by atoms with Gasteiger partial charge in [0.1, 0.15) is 4.88 Å². The van der Waals surface area contributed by atoms with Crippen LogP contribution in [0.25, 0.3) is 0 Å². The number of carbonyl (C=O) groups is 1. The Bertz CT molecular complexity index is 414. The van der Waals surface area contributed by atoms with Gasteiger partial charge in [-0.1, -0.05) is 19.1 Å². The van der Waals surface area contributed by atoms with E-state index in [0.29, 0.717) is 16.3 Å². The molecule has 1 amide bonds. The van der Waals surface area contributed by atoms with Crippen molar-refractivity contribution < 1.29 is 4.79 Å². The summed E-state index contributed by atoms with van der Waals surface area (Å²) in [6.07, 6.45) is 0.692. The smallest absolute Gasteiger partial charge is 0.263 e. The maximum absolute atomic E-state index is 11.9. The lowest BCUT2D eigenvalue weighted by Gasteiger charge is -2.14. The third kappa shape index (κ3) is 2.99. The van der Waals surface area contributed by atoms with E-state index < -0.39 is 0 Å². The number of amides is 1. The van der Waals surface area contributed by atoms with E-state index >= 15 is 0 Å². The van der Waals surface area contributed by atoms with Gasteiger partial charge in [0, 0.05) is 0 Å². The van der Waals surface area contributed by atoms with E-state index in [0.717, 1.165) is 10.7 Å². The van der Waals surface area contributed by atoms with Crippen molar-refractivity contribution in [3.8, 4) is 0 Å². The molecule has 0 aliphatic rings. The van der Waals surface area contributed by atoms with Crippen molar-refractivity contribution in [1.82, 2.24) is 10.3 Å². The molecule has 0 bridgehead atoms. The van der Waals surface area contributed by atoms with Gasteiger partial charge in [-0.25, -0.2) is 4.98 Å². The molecule has 0 aliphatic carbocycles. The SMILES string of the molecule is CCC(NC(=O)c1sc(C)nc1C)C(N)=S. The average Bonchev–Trinajstić information content (AvgIpc) is 2.53. The summed E-state index contributed by atoms with van der Waals surface area (Å²) in [6.45, 7) is 5.62. The van der Waals surface area contributed by atoms with Gasteiger partial charge in [-0.15, -0.1) is 11.3 Å². The first kappa shape index (κ1) is 13.1. The van der Waals surface area contributed by atoms with Gasteiger partial charge >= 0.3 is 0 Å². The van der Waals surface area contributed by atoms with Gasteiger partial charge in [0.2, 0.25) is 0 Å². The highest BCUT2D eigenvalue weighted by molar-refractivity contribution is 7.80. The highest BCUT2D eigenvalue weighted by Crippen LogP contribution is 2.17. The van der Waals surface area contributed by atoms with Gasteiger partial charge < -0.3 is 11.1 Å². The van der Waals surface area contributed by atoms with Gasteiger partial charge in [-0.2, -0.15) is 0 Å². The van der Waals surface area contributed by atoms with Crippen molar-refractivity contribution in [2.45, 2.75) is 33.2 Å². The van der Waals surface area contributed by atoms with Crippen LogP contribution < -0.4 is 11.1 Å². The monoisotopic (exact) mass is 257 g/mol. The number of aryl methyl sites for hydroxylation is 2. The van der Waals surface area contributed by atoms with E-state index in [1.165, 1.54) is 11.3 Å². The predicted octanol–water partition coefficient (Wildman–Crippen LogP) is 1.55. The Morgan fingerprint density at radius 3 is 2.62 bits per heavy atom. The zero-order valence-electron chi connectivity index (χ0n) is 9.53. The fraction of sp³-hybridized carbons (Fsp3) is 0.500. The quantitative estimate of drug-likeness (QED) is 0.803. The Morgan fingerprint density at radius 2 is 2.25 bits per heavy atom. The van der Waals surface area contributed by atoms with Crippen LogP contribution in [0.4, 0.5) is 0 Å². The molecule has 1 rings (SSSR count). The van der Waals surface area contributed by atoms with Crippen LogP contribution in [0.15, 0.2) is 0 Å². The van der Waals surface area contributed by atoms with Gasteiger partial charge in [-0.05, 0) is 20.3 Å². The van der Waals surface area contributed by atoms with E-state index in [2.05, 4.69) is 10.3 Å². The standard InChI is InChI=1S/C10H15N3OS2/c1-4-7(9(11)15)13-10(14)8-5(2)12-6(3)16-8/h7H,4H2,1-3H3,(H2,11,15)(H,13,14). The Morgan fingerprint density at radius 1 is 1.62 bits per heavy atom. The minimum atomic E-state index is -0.246. The molecule has 0 radical (unpaired) electrons. The Kier molecular flexibility index (Phi) is 4.37. The molecule has 0 spiro atoms. The maximum atomic E-state index is 11.9. The highest BCUT2D eigenvalue weighted by Gasteiger charge is 2.18. The lowest BCUT2D eigenvalue weighted by Crippen LogP contribution is -2.42. The number of hydrogen-bond acceptors (Lipinski definition) is 4. The summed E-state index contributed by atoms with van der Waals surface area (Å²) in [5.41, 5.74) is 6.27. The first-order valence-electron chi connectivity index (χ1n) is 5.00. The molecule has 1 atom stereocenters. The Balaban J connectivity index is 2.79. The minimum absolute atomic E-state index is 0.150. The van der Waals surface area contributed by atoms with E-state index in [1.54, 1.807) is 0 Å². The molecule has 0 aliphatic heterocycles. The number of nitrogens with zero attached hydrogens (tertiary/aromatic N) is 1. The first-order chi connectivity index (χ1) is 7.45. The van der Waals surface area contributed by atoms with Gasteiger partial charge in [-0.3, -0.25) is 4.79 Å². The largest absolute Gasteiger partial charge is 0.392 e. The van der Waals surface area contributed by atoms with Crippen molar-refractivity contribution >= 4 is 34.5 Å². The summed E-state index contributed by atoms with van der Waals surface area (Å²) in [4.78, 5) is 17.0. The summed E-state index contributed by atoms with van der Waals surface area (Å²) in [7, 11) is 0. The number of thiazole rings is 1. The van der Waals surface area contributed by atoms with Crippen LogP contribution in [0.2, 0.25) is 0 Å². The first-order valence-corrected chi connectivity index (χ1v) is 6.22. The van der Waals surface area contributed by atoms with Crippen LogP contribution in [0.1, 0.15) is 33.7 Å². The van der Waals surface area contributed by atoms with Crippen LogP contribution in [-0.4, -0.2) is 21.9 Å². The molecule has 1 unspecified atom stereocenters. The molecule has 16 heavy (non-hydrogen) atoms. The minimum Gasteiger partial charge on any atom is -0.392 e. The van der Waals surface area contributed by atoms with Crippen molar-refractivity contribution in [3.63, 3.8) is 0 Å². The molecule has 3 N–H and O–H groups in total. The second-order valence-electron chi connectivity index (χ2n) is 3.48. The molecular weight excluding hydrogens is 242 g/mol. The van der Waals surface area contributed by atoms with Crippen molar-refractivity contribution in [2.24, 2.45) is 5.73 Å². The van der Waals surface area contributed by atoms with Crippen LogP contribution >= 0.6 is 23.6 Å². The van der Waals surface area contributed by atoms with E-state index in [9.17, 15) is 4.79 Å². The van der Waals surface area contributed by atoms with Crippen LogP contribution in [0, 0.1) is 13.8 Å². The molecule has 1 aromatic heterocycles. The highest BCUT2D eigenvalue weighted by atomic mass is 32.1. The number of aromatic nitrogens is 1. The lowest BCUT2D eigenvalue weighted by atomic mass is 10.2. The van der Waals surface area contributed by atoms with E-state index in [1.807, 2.05) is 20.8 Å². The van der Waals surface area contributed by atoms with Crippen molar-refractivity contribution in [1.29, 1.82) is 0 Å². The fourth-order valence-electron chi connectivity index (χ4n) is 1.34. The molecule has 0 fully saturated rings. The van der Waals surface area contributed by atoms with Gasteiger partial charge in [0.05, 0.1) is 21.7 Å². The van der Waals surface area contributed by atoms with Crippen molar-refractivity contribution in [3.05, 3.63) is 15.6 Å². The number of nitrogens with one attached hydrogen (secondary N) is 1. The summed E-state index contributed by atoms with van der Waals surface area (Å²) < 4.78 is 0. The summed E-state index contributed by atoms with van der Waals surface area (Å²) in [5, 5.41) is 3.68. The number of nitrogens with two attached hydrogens (primary N) is 1. The van der Waals surface area contributed by atoms with Gasteiger partial charge in [0.25, 0.3) is 5.91 Å². The third-order valence-electron chi connectivity index (χ3n) is 2.17. The number of carbonyl (C=O) groups excluding carboxylic acids is 1. The molecule has 88 valence electrons. The number of hydrogen-bond donors (Lipinski definition) is 2. The molecule has 6 heteroatoms. The number of thiocarbonyl (C=S) groups is 1. The average molecular weight is 257 g/mol. The second kappa shape index (κ2) is 5.36. The van der Waals surface area contributed by atoms with Gasteiger partial charge in [0.15, 0.2) is 0 Å².